The summed E-state index contributed by atoms with van der Waals surface area (Å²) in [6, 6.07) is 7.98. The molecule has 0 radical (unpaired) electrons. The first-order valence-corrected chi connectivity index (χ1v) is 9.16. The zero-order chi connectivity index (χ0) is 17.6. The van der Waals surface area contributed by atoms with Crippen LogP contribution in [-0.2, 0) is 11.3 Å². The predicted molar refractivity (Wildman–Crippen MR) is 99.0 cm³/mol. The number of piperazine rings is 1. The Morgan fingerprint density at radius 3 is 2.44 bits per heavy atom. The van der Waals surface area contributed by atoms with Gasteiger partial charge in [0.1, 0.15) is 6.04 Å². The summed E-state index contributed by atoms with van der Waals surface area (Å²) in [6.07, 6.45) is 8.61. The molecule has 0 spiro atoms. The fourth-order valence-corrected chi connectivity index (χ4v) is 3.44. The van der Waals surface area contributed by atoms with Gasteiger partial charge in [0.2, 0.25) is 5.91 Å². The number of carbonyl (C=O) groups is 1. The van der Waals surface area contributed by atoms with Gasteiger partial charge in [0.05, 0.1) is 0 Å². The monoisotopic (exact) mass is 340 g/mol. The molecule has 1 aliphatic heterocycles. The van der Waals surface area contributed by atoms with Crippen LogP contribution in [-0.4, -0.2) is 51.4 Å². The summed E-state index contributed by atoms with van der Waals surface area (Å²) >= 11 is 0. The molecule has 3 heterocycles. The van der Waals surface area contributed by atoms with E-state index in [4.69, 9.17) is 0 Å². The number of aromatic nitrogens is 2. The highest BCUT2D eigenvalue weighted by molar-refractivity contribution is 5.80. The minimum Gasteiger partial charge on any atom is -0.342 e. The Morgan fingerprint density at radius 2 is 1.84 bits per heavy atom. The highest BCUT2D eigenvalue weighted by Gasteiger charge is 2.28. The van der Waals surface area contributed by atoms with E-state index in [1.807, 2.05) is 41.7 Å². The summed E-state index contributed by atoms with van der Waals surface area (Å²) in [7, 11) is 0. The molecule has 1 unspecified atom stereocenters. The van der Waals surface area contributed by atoms with Crippen LogP contribution in [0, 0.1) is 5.92 Å². The zero-order valence-electron chi connectivity index (χ0n) is 15.2. The molecule has 134 valence electrons. The molecule has 0 saturated carbocycles. The highest BCUT2D eigenvalue weighted by atomic mass is 16.2. The average Bonchev–Trinajstić information content (AvgIpc) is 3.15. The van der Waals surface area contributed by atoms with Crippen molar-refractivity contribution in [2.75, 3.05) is 26.2 Å². The molecule has 1 saturated heterocycles. The molecule has 2 aromatic heterocycles. The van der Waals surface area contributed by atoms with Crippen molar-refractivity contribution in [3.63, 3.8) is 0 Å². The molecular formula is C20H28N4O. The molecular weight excluding hydrogens is 312 g/mol. The first-order chi connectivity index (χ1) is 12.1. The van der Waals surface area contributed by atoms with E-state index in [1.54, 1.807) is 6.20 Å². The Hall–Kier alpha value is -2.14. The Morgan fingerprint density at radius 1 is 1.12 bits per heavy atom. The molecule has 2 aromatic rings. The average molecular weight is 340 g/mol. The van der Waals surface area contributed by atoms with Crippen molar-refractivity contribution in [2.45, 2.75) is 32.9 Å². The summed E-state index contributed by atoms with van der Waals surface area (Å²) < 4.78 is 2.06. The topological polar surface area (TPSA) is 41.4 Å². The van der Waals surface area contributed by atoms with Crippen LogP contribution in [0.25, 0.3) is 0 Å². The Labute approximate surface area is 150 Å². The molecule has 1 atom stereocenters. The lowest BCUT2D eigenvalue weighted by atomic mass is 10.0. The number of carbonyl (C=O) groups excluding carboxylic acids is 1. The van der Waals surface area contributed by atoms with Gasteiger partial charge in [-0.2, -0.15) is 0 Å². The van der Waals surface area contributed by atoms with Crippen molar-refractivity contribution >= 4 is 5.91 Å². The molecule has 1 amide bonds. The number of nitrogens with zero attached hydrogens (tertiary/aromatic N) is 4. The van der Waals surface area contributed by atoms with Crippen LogP contribution >= 0.6 is 0 Å². The third-order valence-corrected chi connectivity index (χ3v) is 4.78. The lowest BCUT2D eigenvalue weighted by Gasteiger charge is -2.37. The first-order valence-electron chi connectivity index (χ1n) is 9.16. The van der Waals surface area contributed by atoms with E-state index in [9.17, 15) is 4.79 Å². The van der Waals surface area contributed by atoms with Crippen molar-refractivity contribution < 1.29 is 4.79 Å². The van der Waals surface area contributed by atoms with Gasteiger partial charge >= 0.3 is 0 Å². The van der Waals surface area contributed by atoms with E-state index in [2.05, 4.69) is 34.4 Å². The number of rotatable bonds is 6. The maximum Gasteiger partial charge on any atom is 0.245 e. The van der Waals surface area contributed by atoms with E-state index < -0.39 is 0 Å². The van der Waals surface area contributed by atoms with Gasteiger partial charge in [0.15, 0.2) is 0 Å². The first kappa shape index (κ1) is 17.7. The maximum atomic E-state index is 13.1. The molecule has 0 aromatic carbocycles. The van der Waals surface area contributed by atoms with Gasteiger partial charge in [-0.15, -0.1) is 0 Å². The minimum atomic E-state index is -0.0835. The van der Waals surface area contributed by atoms with Crippen LogP contribution < -0.4 is 0 Å². The van der Waals surface area contributed by atoms with E-state index in [-0.39, 0.29) is 11.9 Å². The van der Waals surface area contributed by atoms with Gasteiger partial charge in [-0.1, -0.05) is 19.9 Å². The summed E-state index contributed by atoms with van der Waals surface area (Å²) in [5.74, 6) is 0.745. The van der Waals surface area contributed by atoms with Gasteiger partial charge in [0, 0.05) is 57.5 Å². The van der Waals surface area contributed by atoms with Crippen molar-refractivity contribution in [1.82, 2.24) is 19.4 Å². The fourth-order valence-electron chi connectivity index (χ4n) is 3.44. The van der Waals surface area contributed by atoms with E-state index >= 15 is 0 Å². The summed E-state index contributed by atoms with van der Waals surface area (Å²) in [5.41, 5.74) is 1.23. The largest absolute Gasteiger partial charge is 0.342 e. The quantitative estimate of drug-likeness (QED) is 0.812. The number of amides is 1. The molecule has 5 nitrogen and oxygen atoms in total. The van der Waals surface area contributed by atoms with Crippen molar-refractivity contribution in [1.29, 1.82) is 0 Å². The van der Waals surface area contributed by atoms with Gasteiger partial charge in [0.25, 0.3) is 0 Å². The van der Waals surface area contributed by atoms with Crippen LogP contribution in [0.1, 0.15) is 31.9 Å². The van der Waals surface area contributed by atoms with Crippen LogP contribution in [0.2, 0.25) is 0 Å². The third-order valence-electron chi connectivity index (χ3n) is 4.78. The molecule has 0 aliphatic carbocycles. The van der Waals surface area contributed by atoms with Gasteiger partial charge in [-0.05, 0) is 36.1 Å². The Kier molecular flexibility index (Phi) is 5.87. The summed E-state index contributed by atoms with van der Waals surface area (Å²) in [4.78, 5) is 21.7. The zero-order valence-corrected chi connectivity index (χ0v) is 15.2. The fraction of sp³-hybridized carbons (Fsp3) is 0.500. The molecule has 1 aliphatic rings. The van der Waals surface area contributed by atoms with E-state index in [0.29, 0.717) is 5.92 Å². The second kappa shape index (κ2) is 8.30. The molecule has 0 bridgehead atoms. The minimum absolute atomic E-state index is 0.0835. The highest BCUT2D eigenvalue weighted by Crippen LogP contribution is 2.21. The van der Waals surface area contributed by atoms with E-state index in [0.717, 1.165) is 39.1 Å². The summed E-state index contributed by atoms with van der Waals surface area (Å²) in [5, 5.41) is 0. The van der Waals surface area contributed by atoms with Crippen LogP contribution in [0.3, 0.4) is 0 Å². The molecule has 0 N–H and O–H groups in total. The third kappa shape index (κ3) is 4.69. The Balaban J connectivity index is 1.58. The molecule has 1 fully saturated rings. The SMILES string of the molecule is CC(C)CC(C(=O)N1CCN(Cc2cccnc2)CC1)n1cccc1. The number of hydrogen-bond acceptors (Lipinski definition) is 3. The van der Waals surface area contributed by atoms with E-state index in [1.165, 1.54) is 5.56 Å². The maximum absolute atomic E-state index is 13.1. The molecule has 5 heteroatoms. The second-order valence-corrected chi connectivity index (χ2v) is 7.24. The molecule has 3 rings (SSSR count). The van der Waals surface area contributed by atoms with Gasteiger partial charge in [-0.25, -0.2) is 0 Å². The van der Waals surface area contributed by atoms with Crippen LogP contribution in [0.5, 0.6) is 0 Å². The normalized spacial score (nSPS) is 17.0. The molecule has 25 heavy (non-hydrogen) atoms. The predicted octanol–water partition coefficient (Wildman–Crippen LogP) is 2.81. The number of hydrogen-bond donors (Lipinski definition) is 0. The van der Waals surface area contributed by atoms with Crippen LogP contribution in [0.15, 0.2) is 49.1 Å². The lowest BCUT2D eigenvalue weighted by molar-refractivity contribution is -0.137. The van der Waals surface area contributed by atoms with Crippen molar-refractivity contribution in [3.05, 3.63) is 54.6 Å². The van der Waals surface area contributed by atoms with Gasteiger partial charge < -0.3 is 9.47 Å². The van der Waals surface area contributed by atoms with Crippen molar-refractivity contribution in [3.8, 4) is 0 Å². The van der Waals surface area contributed by atoms with Crippen molar-refractivity contribution in [2.24, 2.45) is 5.92 Å². The van der Waals surface area contributed by atoms with Crippen LogP contribution in [0.4, 0.5) is 0 Å². The summed E-state index contributed by atoms with van der Waals surface area (Å²) in [6.45, 7) is 8.69. The lowest BCUT2D eigenvalue weighted by Crippen LogP contribution is -2.50. The smallest absolute Gasteiger partial charge is 0.245 e. The van der Waals surface area contributed by atoms with Gasteiger partial charge in [-0.3, -0.25) is 14.7 Å². The standard InChI is InChI=1S/C20H28N4O/c1-17(2)14-19(23-8-3-4-9-23)20(25)24-12-10-22(11-13-24)16-18-6-5-7-21-15-18/h3-9,15,17,19H,10-14,16H2,1-2H3. The Bertz CT molecular complexity index is 646. The number of pyridine rings is 1. The second-order valence-electron chi connectivity index (χ2n) is 7.24.